The Morgan fingerprint density at radius 3 is 2.60 bits per heavy atom. The van der Waals surface area contributed by atoms with Crippen LogP contribution in [0.5, 0.6) is 0 Å². The van der Waals surface area contributed by atoms with Crippen LogP contribution in [0.3, 0.4) is 0 Å². The highest BCUT2D eigenvalue weighted by atomic mass is 127. The van der Waals surface area contributed by atoms with E-state index in [1.165, 1.54) is 45.7 Å². The molecule has 30 heavy (non-hydrogen) atoms. The molecule has 0 aliphatic carbocycles. The number of piperazine rings is 1. The van der Waals surface area contributed by atoms with E-state index >= 15 is 0 Å². The van der Waals surface area contributed by atoms with E-state index in [2.05, 4.69) is 46.3 Å². The Kier molecular flexibility index (Phi) is 14.1. The summed E-state index contributed by atoms with van der Waals surface area (Å²) in [5, 5.41) is 6.55. The number of unbranched alkanes of at least 4 members (excludes halogenated alkanes) is 1. The van der Waals surface area contributed by atoms with Crippen molar-refractivity contribution in [2.45, 2.75) is 46.3 Å². The number of guanidine groups is 1. The van der Waals surface area contributed by atoms with Gasteiger partial charge in [0.15, 0.2) is 5.96 Å². The van der Waals surface area contributed by atoms with E-state index in [1.807, 2.05) is 6.92 Å². The lowest BCUT2D eigenvalue weighted by molar-refractivity contribution is 0.119. The standard InChI is InChI=1S/C21H40N6OS.HI/c1-6-22-21(25(4)16-19-17-29-20(24-19)18(3)28-5)23-10-8-9-11-27-14-12-26(7-2)13-15-27;/h17-18H,6-16H2,1-5H3,(H,22,23);1H. The molecule has 7 nitrogen and oxygen atoms in total. The Bertz CT molecular complexity index is 606. The first-order valence-corrected chi connectivity index (χ1v) is 11.9. The van der Waals surface area contributed by atoms with Gasteiger partial charge < -0.3 is 24.8 Å². The first-order valence-electron chi connectivity index (χ1n) is 11.0. The third kappa shape index (κ3) is 9.33. The zero-order valence-electron chi connectivity index (χ0n) is 19.4. The van der Waals surface area contributed by atoms with Crippen LogP contribution >= 0.6 is 35.3 Å². The zero-order chi connectivity index (χ0) is 21.1. The third-order valence-corrected chi connectivity index (χ3v) is 6.48. The number of rotatable bonds is 11. The first kappa shape index (κ1) is 27.5. The van der Waals surface area contributed by atoms with E-state index < -0.39 is 0 Å². The second kappa shape index (κ2) is 15.3. The highest BCUT2D eigenvalue weighted by molar-refractivity contribution is 14.0. The molecule has 1 atom stereocenters. The van der Waals surface area contributed by atoms with Gasteiger partial charge in [-0.2, -0.15) is 0 Å². The Morgan fingerprint density at radius 1 is 1.27 bits per heavy atom. The number of halogens is 1. The van der Waals surface area contributed by atoms with Crippen molar-refractivity contribution in [2.75, 3.05) is 66.5 Å². The van der Waals surface area contributed by atoms with E-state index in [1.54, 1.807) is 18.4 Å². The van der Waals surface area contributed by atoms with E-state index in [0.29, 0.717) is 0 Å². The van der Waals surface area contributed by atoms with Crippen LogP contribution in [0.25, 0.3) is 0 Å². The normalized spacial score (nSPS) is 16.9. The SMILES string of the molecule is CCNC(=NCCCCN1CCN(CC)CC1)N(C)Cc1csc(C(C)OC)n1.I. The minimum absolute atomic E-state index is 0. The number of thiazole rings is 1. The fourth-order valence-corrected chi connectivity index (χ4v) is 4.27. The molecule has 0 saturated carbocycles. The molecular formula is C21H41IN6OS. The molecule has 1 fully saturated rings. The maximum atomic E-state index is 5.36. The molecule has 0 spiro atoms. The predicted octanol–water partition coefficient (Wildman–Crippen LogP) is 3.28. The van der Waals surface area contributed by atoms with Crippen molar-refractivity contribution in [3.63, 3.8) is 0 Å². The van der Waals surface area contributed by atoms with Crippen molar-refractivity contribution >= 4 is 41.3 Å². The number of nitrogens with one attached hydrogen (secondary N) is 1. The maximum Gasteiger partial charge on any atom is 0.194 e. The third-order valence-electron chi connectivity index (χ3n) is 5.42. The quantitative estimate of drug-likeness (QED) is 0.197. The van der Waals surface area contributed by atoms with Gasteiger partial charge in [0.2, 0.25) is 0 Å². The summed E-state index contributed by atoms with van der Waals surface area (Å²) in [7, 11) is 3.80. The molecule has 2 rings (SSSR count). The van der Waals surface area contributed by atoms with Gasteiger partial charge in [0, 0.05) is 58.8 Å². The number of ether oxygens (including phenoxy) is 1. The van der Waals surface area contributed by atoms with Gasteiger partial charge in [-0.15, -0.1) is 35.3 Å². The van der Waals surface area contributed by atoms with Crippen molar-refractivity contribution in [3.8, 4) is 0 Å². The monoisotopic (exact) mass is 552 g/mol. The fourth-order valence-electron chi connectivity index (χ4n) is 3.43. The fraction of sp³-hybridized carbons (Fsp3) is 0.810. The molecule has 1 aliphatic heterocycles. The Hall–Kier alpha value is -0.490. The Morgan fingerprint density at radius 2 is 1.97 bits per heavy atom. The molecule has 2 heterocycles. The van der Waals surface area contributed by atoms with Crippen molar-refractivity contribution < 1.29 is 4.74 Å². The summed E-state index contributed by atoms with van der Waals surface area (Å²) in [5.41, 5.74) is 1.06. The van der Waals surface area contributed by atoms with Gasteiger partial charge in [0.05, 0.1) is 12.2 Å². The van der Waals surface area contributed by atoms with Crippen LogP contribution in [-0.2, 0) is 11.3 Å². The number of aliphatic imine (C=N–C) groups is 1. The lowest BCUT2D eigenvalue weighted by Gasteiger charge is -2.33. The lowest BCUT2D eigenvalue weighted by Crippen LogP contribution is -2.46. The van der Waals surface area contributed by atoms with Crippen molar-refractivity contribution in [1.29, 1.82) is 0 Å². The van der Waals surface area contributed by atoms with Crippen LogP contribution < -0.4 is 5.32 Å². The minimum atomic E-state index is 0. The number of hydrogen-bond acceptors (Lipinski definition) is 6. The average Bonchev–Trinajstić information content (AvgIpc) is 3.21. The lowest BCUT2D eigenvalue weighted by atomic mass is 10.2. The maximum absolute atomic E-state index is 5.36. The molecule has 1 aromatic heterocycles. The smallest absolute Gasteiger partial charge is 0.194 e. The van der Waals surface area contributed by atoms with Crippen LogP contribution in [0.15, 0.2) is 10.4 Å². The van der Waals surface area contributed by atoms with Crippen molar-refractivity contribution in [1.82, 2.24) is 25.0 Å². The van der Waals surface area contributed by atoms with E-state index in [-0.39, 0.29) is 30.1 Å². The largest absolute Gasteiger partial charge is 0.375 e. The average molecular weight is 553 g/mol. The van der Waals surface area contributed by atoms with Gasteiger partial charge in [-0.1, -0.05) is 6.92 Å². The molecule has 0 bridgehead atoms. The molecule has 1 aromatic rings. The molecule has 1 unspecified atom stereocenters. The molecule has 0 aromatic carbocycles. The molecule has 1 saturated heterocycles. The Labute approximate surface area is 204 Å². The summed E-state index contributed by atoms with van der Waals surface area (Å²) >= 11 is 1.66. The topological polar surface area (TPSA) is 56.2 Å². The molecule has 9 heteroatoms. The Balaban J connectivity index is 0.00000450. The molecule has 1 aliphatic rings. The second-order valence-electron chi connectivity index (χ2n) is 7.63. The number of aromatic nitrogens is 1. The van der Waals surface area contributed by atoms with Gasteiger partial charge in [0.25, 0.3) is 0 Å². The highest BCUT2D eigenvalue weighted by Crippen LogP contribution is 2.20. The minimum Gasteiger partial charge on any atom is -0.375 e. The van der Waals surface area contributed by atoms with Gasteiger partial charge >= 0.3 is 0 Å². The summed E-state index contributed by atoms with van der Waals surface area (Å²) in [5.74, 6) is 0.957. The zero-order valence-corrected chi connectivity index (χ0v) is 22.5. The molecule has 174 valence electrons. The summed E-state index contributed by atoms with van der Waals surface area (Å²) < 4.78 is 5.36. The van der Waals surface area contributed by atoms with Gasteiger partial charge in [-0.25, -0.2) is 4.98 Å². The van der Waals surface area contributed by atoms with Crippen LogP contribution in [-0.4, -0.2) is 92.2 Å². The summed E-state index contributed by atoms with van der Waals surface area (Å²) in [6.07, 6.45) is 2.39. The van der Waals surface area contributed by atoms with E-state index in [4.69, 9.17) is 14.7 Å². The van der Waals surface area contributed by atoms with Crippen molar-refractivity contribution in [3.05, 3.63) is 16.1 Å². The van der Waals surface area contributed by atoms with Gasteiger partial charge in [0.1, 0.15) is 11.1 Å². The van der Waals surface area contributed by atoms with Gasteiger partial charge in [-0.05, 0) is 39.8 Å². The highest BCUT2D eigenvalue weighted by Gasteiger charge is 2.15. The summed E-state index contributed by atoms with van der Waals surface area (Å²) in [6.45, 7) is 16.1. The number of hydrogen-bond donors (Lipinski definition) is 1. The van der Waals surface area contributed by atoms with E-state index in [9.17, 15) is 0 Å². The number of likely N-dealkylation sites (N-methyl/N-ethyl adjacent to an activating group) is 1. The van der Waals surface area contributed by atoms with Crippen LogP contribution in [0, 0.1) is 0 Å². The predicted molar refractivity (Wildman–Crippen MR) is 138 cm³/mol. The van der Waals surface area contributed by atoms with Crippen molar-refractivity contribution in [2.24, 2.45) is 4.99 Å². The van der Waals surface area contributed by atoms with Crippen LogP contribution in [0.2, 0.25) is 0 Å². The van der Waals surface area contributed by atoms with E-state index in [0.717, 1.165) is 42.7 Å². The molecule has 0 radical (unpaired) electrons. The molecule has 0 amide bonds. The number of nitrogens with zero attached hydrogens (tertiary/aromatic N) is 5. The van der Waals surface area contributed by atoms with Crippen LogP contribution in [0.1, 0.15) is 50.4 Å². The molecular weight excluding hydrogens is 511 g/mol. The molecule has 1 N–H and O–H groups in total. The van der Waals surface area contributed by atoms with Crippen LogP contribution in [0.4, 0.5) is 0 Å². The first-order chi connectivity index (χ1) is 14.1. The number of methoxy groups -OCH3 is 1. The summed E-state index contributed by atoms with van der Waals surface area (Å²) in [6, 6.07) is 0. The van der Waals surface area contributed by atoms with Gasteiger partial charge in [-0.3, -0.25) is 4.99 Å². The summed E-state index contributed by atoms with van der Waals surface area (Å²) in [4.78, 5) is 16.8. The second-order valence-corrected chi connectivity index (χ2v) is 8.52.